The van der Waals surface area contributed by atoms with E-state index in [1.807, 2.05) is 6.92 Å². The molecule has 0 atom stereocenters. The highest BCUT2D eigenvalue weighted by atomic mass is 35.5. The van der Waals surface area contributed by atoms with E-state index in [1.165, 1.54) is 12.8 Å². The van der Waals surface area contributed by atoms with Crippen molar-refractivity contribution in [3.8, 4) is 12.0 Å². The number of hydrogen-bond donors (Lipinski definition) is 0. The summed E-state index contributed by atoms with van der Waals surface area (Å²) in [7, 11) is 0. The largest absolute Gasteiger partial charge is 0.464 e. The lowest BCUT2D eigenvalue weighted by Crippen LogP contribution is -2.14. The lowest BCUT2D eigenvalue weighted by molar-refractivity contribution is 0.187. The molecule has 0 aliphatic heterocycles. The predicted octanol–water partition coefficient (Wildman–Crippen LogP) is 2.25. The molecule has 1 aliphatic rings. The Kier molecular flexibility index (Phi) is 3.77. The van der Waals surface area contributed by atoms with Gasteiger partial charge in [-0.3, -0.25) is 0 Å². The minimum atomic E-state index is 0.103. The number of rotatable bonds is 4. The fraction of sp³-hybridized carbons (Fsp3) is 0.700. The predicted molar refractivity (Wildman–Crippen MR) is 58.9 cm³/mol. The van der Waals surface area contributed by atoms with Gasteiger partial charge >= 0.3 is 12.0 Å². The van der Waals surface area contributed by atoms with Gasteiger partial charge in [0.05, 0.1) is 6.61 Å². The Hall–Kier alpha value is -1.10. The third-order valence-electron chi connectivity index (χ3n) is 2.41. The third kappa shape index (κ3) is 2.95. The van der Waals surface area contributed by atoms with Gasteiger partial charge in [-0.15, -0.1) is 4.98 Å². The van der Waals surface area contributed by atoms with Crippen LogP contribution in [0.2, 0.25) is 5.28 Å². The Morgan fingerprint density at radius 1 is 1.19 bits per heavy atom. The molecule has 1 aromatic heterocycles. The molecule has 0 N–H and O–H groups in total. The van der Waals surface area contributed by atoms with Crippen LogP contribution in [0.3, 0.4) is 0 Å². The van der Waals surface area contributed by atoms with E-state index >= 15 is 0 Å². The van der Waals surface area contributed by atoms with Crippen molar-refractivity contribution in [2.45, 2.75) is 38.7 Å². The topological polar surface area (TPSA) is 57.1 Å². The molecule has 5 nitrogen and oxygen atoms in total. The summed E-state index contributed by atoms with van der Waals surface area (Å²) in [6.45, 7) is 2.35. The molecule has 88 valence electrons. The highest BCUT2D eigenvalue weighted by Gasteiger charge is 2.18. The highest BCUT2D eigenvalue weighted by Crippen LogP contribution is 2.23. The maximum absolute atomic E-state index is 5.75. The second-order valence-electron chi connectivity index (χ2n) is 3.63. The second-order valence-corrected chi connectivity index (χ2v) is 3.96. The van der Waals surface area contributed by atoms with E-state index in [9.17, 15) is 0 Å². The second kappa shape index (κ2) is 5.30. The average Bonchev–Trinajstić information content (AvgIpc) is 2.70. The van der Waals surface area contributed by atoms with Crippen molar-refractivity contribution in [1.29, 1.82) is 0 Å². The van der Waals surface area contributed by atoms with Crippen molar-refractivity contribution >= 4 is 11.6 Å². The number of nitrogens with zero attached hydrogens (tertiary/aromatic N) is 3. The Morgan fingerprint density at radius 2 is 1.88 bits per heavy atom. The summed E-state index contributed by atoms with van der Waals surface area (Å²) in [6.07, 6.45) is 4.69. The summed E-state index contributed by atoms with van der Waals surface area (Å²) in [5.41, 5.74) is 0. The first-order valence-electron chi connectivity index (χ1n) is 5.49. The zero-order valence-corrected chi connectivity index (χ0v) is 9.90. The minimum Gasteiger partial charge on any atom is -0.464 e. The van der Waals surface area contributed by atoms with Crippen LogP contribution in [-0.2, 0) is 0 Å². The van der Waals surface area contributed by atoms with Gasteiger partial charge < -0.3 is 9.47 Å². The van der Waals surface area contributed by atoms with Gasteiger partial charge in [-0.25, -0.2) is 0 Å². The van der Waals surface area contributed by atoms with Crippen molar-refractivity contribution in [3.05, 3.63) is 5.28 Å². The molecule has 0 aromatic carbocycles. The van der Waals surface area contributed by atoms with E-state index in [-0.39, 0.29) is 23.4 Å². The minimum absolute atomic E-state index is 0.103. The van der Waals surface area contributed by atoms with Gasteiger partial charge in [-0.1, -0.05) is 0 Å². The molecule has 6 heteroatoms. The van der Waals surface area contributed by atoms with Crippen LogP contribution in [0, 0.1) is 0 Å². The molecule has 0 amide bonds. The molecule has 2 rings (SSSR count). The first kappa shape index (κ1) is 11.4. The monoisotopic (exact) mass is 243 g/mol. The smallest absolute Gasteiger partial charge is 0.324 e. The summed E-state index contributed by atoms with van der Waals surface area (Å²) in [5, 5.41) is 0.103. The molecule has 16 heavy (non-hydrogen) atoms. The Balaban J connectivity index is 2.06. The fourth-order valence-electron chi connectivity index (χ4n) is 1.72. The van der Waals surface area contributed by atoms with E-state index in [0.29, 0.717) is 6.61 Å². The molecule has 0 saturated heterocycles. The van der Waals surface area contributed by atoms with Crippen LogP contribution >= 0.6 is 11.6 Å². The SMILES string of the molecule is CCOc1nc(Cl)nc(OC2CCCC2)n1. The molecule has 1 heterocycles. The molecule has 1 fully saturated rings. The van der Waals surface area contributed by atoms with E-state index in [1.54, 1.807) is 0 Å². The quantitative estimate of drug-likeness (QED) is 0.812. The highest BCUT2D eigenvalue weighted by molar-refractivity contribution is 6.28. The van der Waals surface area contributed by atoms with Gasteiger partial charge in [0.25, 0.3) is 0 Å². The lowest BCUT2D eigenvalue weighted by atomic mass is 10.3. The van der Waals surface area contributed by atoms with E-state index in [4.69, 9.17) is 21.1 Å². The summed E-state index contributed by atoms with van der Waals surface area (Å²) in [4.78, 5) is 11.8. The van der Waals surface area contributed by atoms with Crippen LogP contribution in [0.5, 0.6) is 12.0 Å². The first-order valence-corrected chi connectivity index (χ1v) is 5.86. The molecule has 1 aliphatic carbocycles. The number of hydrogen-bond acceptors (Lipinski definition) is 5. The van der Waals surface area contributed by atoms with Gasteiger partial charge in [0, 0.05) is 0 Å². The van der Waals surface area contributed by atoms with E-state index in [0.717, 1.165) is 12.8 Å². The fourth-order valence-corrected chi connectivity index (χ4v) is 1.86. The molecule has 0 radical (unpaired) electrons. The molecule has 1 aromatic rings. The standard InChI is InChI=1S/C10H14ClN3O2/c1-2-15-9-12-8(11)13-10(14-9)16-7-5-3-4-6-7/h7H,2-6H2,1H3. The van der Waals surface area contributed by atoms with Gasteiger partial charge in [0.2, 0.25) is 5.28 Å². The van der Waals surface area contributed by atoms with Gasteiger partial charge in [-0.2, -0.15) is 9.97 Å². The van der Waals surface area contributed by atoms with Crippen LogP contribution < -0.4 is 9.47 Å². The Bertz CT molecular complexity index is 356. The lowest BCUT2D eigenvalue weighted by Gasteiger charge is -2.11. The molecule has 0 spiro atoms. The molecule has 0 unspecified atom stereocenters. The van der Waals surface area contributed by atoms with E-state index in [2.05, 4.69) is 15.0 Å². The maximum Gasteiger partial charge on any atom is 0.324 e. The van der Waals surface area contributed by atoms with Gasteiger partial charge in [0.1, 0.15) is 6.10 Å². The van der Waals surface area contributed by atoms with Crippen LogP contribution in [0.15, 0.2) is 0 Å². The molecule has 0 bridgehead atoms. The zero-order chi connectivity index (χ0) is 11.4. The molecule has 1 saturated carbocycles. The molecular weight excluding hydrogens is 230 g/mol. The third-order valence-corrected chi connectivity index (χ3v) is 2.58. The van der Waals surface area contributed by atoms with Gasteiger partial charge in [0.15, 0.2) is 0 Å². The van der Waals surface area contributed by atoms with Crippen LogP contribution in [-0.4, -0.2) is 27.7 Å². The Morgan fingerprint density at radius 3 is 2.56 bits per heavy atom. The summed E-state index contributed by atoms with van der Waals surface area (Å²) in [5.74, 6) is 0. The first-order chi connectivity index (χ1) is 7.78. The summed E-state index contributed by atoms with van der Waals surface area (Å²) < 4.78 is 10.8. The summed E-state index contributed by atoms with van der Waals surface area (Å²) >= 11 is 5.75. The number of ether oxygens (including phenoxy) is 2. The normalized spacial score (nSPS) is 16.4. The zero-order valence-electron chi connectivity index (χ0n) is 9.15. The van der Waals surface area contributed by atoms with Crippen molar-refractivity contribution in [2.75, 3.05) is 6.61 Å². The van der Waals surface area contributed by atoms with Crippen molar-refractivity contribution in [1.82, 2.24) is 15.0 Å². The van der Waals surface area contributed by atoms with Gasteiger partial charge in [-0.05, 0) is 44.2 Å². The summed E-state index contributed by atoms with van der Waals surface area (Å²) in [6, 6.07) is 0.478. The Labute approximate surface area is 99.2 Å². The van der Waals surface area contributed by atoms with Crippen molar-refractivity contribution < 1.29 is 9.47 Å². The average molecular weight is 244 g/mol. The number of halogens is 1. The number of aromatic nitrogens is 3. The van der Waals surface area contributed by atoms with Crippen molar-refractivity contribution in [3.63, 3.8) is 0 Å². The maximum atomic E-state index is 5.75. The van der Waals surface area contributed by atoms with Crippen LogP contribution in [0.1, 0.15) is 32.6 Å². The van der Waals surface area contributed by atoms with Crippen LogP contribution in [0.25, 0.3) is 0 Å². The molecular formula is C10H14ClN3O2. The van der Waals surface area contributed by atoms with Crippen molar-refractivity contribution in [2.24, 2.45) is 0 Å². The van der Waals surface area contributed by atoms with E-state index < -0.39 is 0 Å². The van der Waals surface area contributed by atoms with Crippen LogP contribution in [0.4, 0.5) is 0 Å².